The number of hydrogen-bond acceptors (Lipinski definition) is 8. The summed E-state index contributed by atoms with van der Waals surface area (Å²) in [4.78, 5) is 40.3. The number of benzene rings is 1. The second-order valence-corrected chi connectivity index (χ2v) is 14.5. The molecule has 3 aliphatic rings. The minimum Gasteiger partial charge on any atom is -0.451 e. The average Bonchev–Trinajstić information content (AvgIpc) is 2.97. The fourth-order valence-corrected chi connectivity index (χ4v) is 6.69. The standard InChI is InChI=1S/C34H49FN6O4/c1-23(2)39(6)31(42)27-17-25(35)9-12-28(27)44-29-18-36-22-37-30(29)41-20-34(21-41)13-15-40(16-14-34)19-24-7-10-26(11-8-24)38-32(43)45-33(3,4)5/h9,12,17-18,22-24,26H,7-8,10-11,13-16,19-21H2,1-6H3,(H,38,43). The Bertz CT molecular complexity index is 1340. The summed E-state index contributed by atoms with van der Waals surface area (Å²) >= 11 is 0. The van der Waals surface area contributed by atoms with Crippen LogP contribution in [0.25, 0.3) is 0 Å². The van der Waals surface area contributed by atoms with Crippen molar-refractivity contribution in [1.82, 2.24) is 25.1 Å². The quantitative estimate of drug-likeness (QED) is 0.389. The van der Waals surface area contributed by atoms with Crippen molar-refractivity contribution in [2.75, 3.05) is 44.7 Å². The summed E-state index contributed by atoms with van der Waals surface area (Å²) in [5.41, 5.74) is -0.0543. The summed E-state index contributed by atoms with van der Waals surface area (Å²) in [6.07, 6.45) is 9.34. The monoisotopic (exact) mass is 624 g/mol. The van der Waals surface area contributed by atoms with E-state index in [4.69, 9.17) is 9.47 Å². The van der Waals surface area contributed by atoms with Crippen LogP contribution in [-0.4, -0.2) is 89.2 Å². The number of alkyl carbamates (subject to hydrolysis) is 1. The van der Waals surface area contributed by atoms with Crippen molar-refractivity contribution in [2.24, 2.45) is 11.3 Å². The Kier molecular flexibility index (Phi) is 9.86. The van der Waals surface area contributed by atoms with Crippen molar-refractivity contribution in [2.45, 2.75) is 90.8 Å². The maximum atomic E-state index is 14.2. The van der Waals surface area contributed by atoms with Gasteiger partial charge in [0.15, 0.2) is 11.6 Å². The summed E-state index contributed by atoms with van der Waals surface area (Å²) in [7, 11) is 1.70. The molecular weight excluding hydrogens is 575 g/mol. The van der Waals surface area contributed by atoms with Gasteiger partial charge < -0.3 is 29.5 Å². The molecule has 1 saturated carbocycles. The Balaban J connectivity index is 1.11. The molecule has 0 radical (unpaired) electrons. The van der Waals surface area contributed by atoms with E-state index in [1.54, 1.807) is 18.1 Å². The van der Waals surface area contributed by atoms with Crippen LogP contribution >= 0.6 is 0 Å². The van der Waals surface area contributed by atoms with E-state index in [1.807, 2.05) is 34.6 Å². The lowest BCUT2D eigenvalue weighted by Crippen LogP contribution is -2.61. The van der Waals surface area contributed by atoms with E-state index >= 15 is 0 Å². The molecule has 2 aliphatic heterocycles. The number of aromatic nitrogens is 2. The lowest BCUT2D eigenvalue weighted by Gasteiger charge is -2.54. The number of hydrogen-bond donors (Lipinski definition) is 1. The van der Waals surface area contributed by atoms with E-state index < -0.39 is 11.4 Å². The molecule has 3 fully saturated rings. The summed E-state index contributed by atoms with van der Waals surface area (Å²) in [5, 5.41) is 3.05. The number of nitrogens with one attached hydrogen (secondary N) is 1. The second-order valence-electron chi connectivity index (χ2n) is 14.5. The average molecular weight is 625 g/mol. The number of piperidine rings is 1. The minimum atomic E-state index is -0.494. The van der Waals surface area contributed by atoms with Crippen LogP contribution in [-0.2, 0) is 4.74 Å². The van der Waals surface area contributed by atoms with Gasteiger partial charge in [0.05, 0.1) is 11.8 Å². The van der Waals surface area contributed by atoms with E-state index in [1.165, 1.54) is 24.5 Å². The Morgan fingerprint density at radius 1 is 1.11 bits per heavy atom. The first-order valence-electron chi connectivity index (χ1n) is 16.3. The number of carbonyl (C=O) groups excluding carboxylic acids is 2. The van der Waals surface area contributed by atoms with Gasteiger partial charge in [-0.1, -0.05) is 0 Å². The molecular formula is C34H49FN6O4. The zero-order valence-corrected chi connectivity index (χ0v) is 27.6. The molecule has 246 valence electrons. The Morgan fingerprint density at radius 3 is 2.44 bits per heavy atom. The lowest BCUT2D eigenvalue weighted by atomic mass is 9.71. The molecule has 0 atom stereocenters. The molecule has 11 heteroatoms. The maximum Gasteiger partial charge on any atom is 0.407 e. The van der Waals surface area contributed by atoms with Crippen LogP contribution in [0.15, 0.2) is 30.7 Å². The molecule has 1 spiro atoms. The van der Waals surface area contributed by atoms with Crippen LogP contribution in [0.1, 0.15) is 83.5 Å². The van der Waals surface area contributed by atoms with Crippen molar-refractivity contribution in [1.29, 1.82) is 0 Å². The summed E-state index contributed by atoms with van der Waals surface area (Å²) in [6, 6.07) is 4.17. The van der Waals surface area contributed by atoms with Gasteiger partial charge >= 0.3 is 6.09 Å². The molecule has 5 rings (SSSR count). The number of likely N-dealkylation sites (tertiary alicyclic amines) is 1. The molecule has 2 aromatic rings. The van der Waals surface area contributed by atoms with Crippen molar-refractivity contribution in [3.63, 3.8) is 0 Å². The number of anilines is 1. The summed E-state index contributed by atoms with van der Waals surface area (Å²) in [5.74, 6) is 1.29. The molecule has 45 heavy (non-hydrogen) atoms. The zero-order chi connectivity index (χ0) is 32.4. The molecule has 3 heterocycles. The van der Waals surface area contributed by atoms with Gasteiger partial charge in [0.25, 0.3) is 5.91 Å². The number of carbonyl (C=O) groups is 2. The molecule has 1 N–H and O–H groups in total. The van der Waals surface area contributed by atoms with Crippen molar-refractivity contribution in [3.05, 3.63) is 42.1 Å². The van der Waals surface area contributed by atoms with Gasteiger partial charge in [0.2, 0.25) is 0 Å². The zero-order valence-electron chi connectivity index (χ0n) is 27.6. The van der Waals surface area contributed by atoms with Gasteiger partial charge in [-0.15, -0.1) is 0 Å². The Hall–Kier alpha value is -3.47. The number of amides is 2. The second kappa shape index (κ2) is 13.5. The third-order valence-corrected chi connectivity index (χ3v) is 9.50. The number of nitrogens with zero attached hydrogens (tertiary/aromatic N) is 5. The molecule has 1 aromatic heterocycles. The van der Waals surface area contributed by atoms with Crippen LogP contribution in [0.5, 0.6) is 11.5 Å². The highest BCUT2D eigenvalue weighted by Gasteiger charge is 2.46. The Labute approximate surface area is 266 Å². The number of rotatable bonds is 8. The Morgan fingerprint density at radius 2 is 1.80 bits per heavy atom. The maximum absolute atomic E-state index is 14.2. The molecule has 0 bridgehead atoms. The molecule has 1 aliphatic carbocycles. The van der Waals surface area contributed by atoms with Crippen molar-refractivity contribution >= 4 is 17.8 Å². The topological polar surface area (TPSA) is 100 Å². The van der Waals surface area contributed by atoms with Crippen molar-refractivity contribution in [3.8, 4) is 11.5 Å². The molecule has 1 aromatic carbocycles. The van der Waals surface area contributed by atoms with E-state index in [0.29, 0.717) is 17.5 Å². The molecule has 2 amide bonds. The van der Waals surface area contributed by atoms with Crippen LogP contribution in [0, 0.1) is 17.2 Å². The predicted molar refractivity (Wildman–Crippen MR) is 171 cm³/mol. The van der Waals surface area contributed by atoms with E-state index in [0.717, 1.165) is 71.2 Å². The van der Waals surface area contributed by atoms with E-state index in [2.05, 4.69) is 25.1 Å². The first-order chi connectivity index (χ1) is 21.3. The van der Waals surface area contributed by atoms with E-state index in [-0.39, 0.29) is 40.8 Å². The molecule has 0 unspecified atom stereocenters. The number of ether oxygens (including phenoxy) is 2. The highest BCUT2D eigenvalue weighted by molar-refractivity contribution is 5.97. The van der Waals surface area contributed by atoms with Crippen LogP contribution in [0.3, 0.4) is 0 Å². The van der Waals surface area contributed by atoms with Crippen molar-refractivity contribution < 1.29 is 23.5 Å². The van der Waals surface area contributed by atoms with Gasteiger partial charge in [-0.05, 0) is 110 Å². The SMILES string of the molecule is CC(C)N(C)C(=O)c1cc(F)ccc1Oc1cncnc1N1CC2(CCN(CC3CCC(NC(=O)OC(C)(C)C)CC3)CC2)C1. The third kappa shape index (κ3) is 8.23. The van der Waals surface area contributed by atoms with Gasteiger partial charge in [0, 0.05) is 44.2 Å². The van der Waals surface area contributed by atoms with Gasteiger partial charge in [-0.2, -0.15) is 0 Å². The fraction of sp³-hybridized carbons (Fsp3) is 0.647. The molecule has 2 saturated heterocycles. The van der Waals surface area contributed by atoms with E-state index in [9.17, 15) is 14.0 Å². The molecule has 10 nitrogen and oxygen atoms in total. The minimum absolute atomic E-state index is 0.0453. The lowest BCUT2D eigenvalue weighted by molar-refractivity contribution is 0.0465. The highest BCUT2D eigenvalue weighted by Crippen LogP contribution is 2.45. The third-order valence-electron chi connectivity index (χ3n) is 9.50. The van der Waals surface area contributed by atoms with Gasteiger partial charge in [0.1, 0.15) is 23.5 Å². The van der Waals surface area contributed by atoms with Crippen LogP contribution in [0.4, 0.5) is 15.0 Å². The largest absolute Gasteiger partial charge is 0.451 e. The smallest absolute Gasteiger partial charge is 0.407 e. The first kappa shape index (κ1) is 32.9. The van der Waals surface area contributed by atoms with Gasteiger partial charge in [-0.25, -0.2) is 19.2 Å². The van der Waals surface area contributed by atoms with Crippen LogP contribution < -0.4 is 15.0 Å². The van der Waals surface area contributed by atoms with Crippen LogP contribution in [0.2, 0.25) is 0 Å². The fourth-order valence-electron chi connectivity index (χ4n) is 6.69. The normalized spacial score (nSPS) is 21.7. The summed E-state index contributed by atoms with van der Waals surface area (Å²) in [6.45, 7) is 14.5. The first-order valence-corrected chi connectivity index (χ1v) is 16.3. The van der Waals surface area contributed by atoms with Gasteiger partial charge in [-0.3, -0.25) is 4.79 Å². The number of halogens is 1. The highest BCUT2D eigenvalue weighted by atomic mass is 19.1. The summed E-state index contributed by atoms with van der Waals surface area (Å²) < 4.78 is 25.8. The predicted octanol–water partition coefficient (Wildman–Crippen LogP) is 5.87.